The predicted molar refractivity (Wildman–Crippen MR) is 50.4 cm³/mol. The molecule has 2 nitrogen and oxygen atoms in total. The first-order chi connectivity index (χ1) is 6.79. The molecule has 0 aliphatic carbocycles. The largest absolute Gasteiger partial charge is 0.464 e. The lowest BCUT2D eigenvalue weighted by Crippen LogP contribution is -2.15. The molecule has 1 aromatic rings. The number of hydrogen-bond donors (Lipinski definition) is 1. The maximum atomic E-state index is 11.9. The third kappa shape index (κ3) is 3.58. The molecule has 86 valence electrons. The number of furan rings is 1. The van der Waals surface area contributed by atoms with Crippen molar-refractivity contribution in [3.8, 4) is 0 Å². The van der Waals surface area contributed by atoms with Gasteiger partial charge in [-0.25, -0.2) is 0 Å². The van der Waals surface area contributed by atoms with Crippen molar-refractivity contribution in [1.82, 2.24) is 0 Å². The van der Waals surface area contributed by atoms with Crippen molar-refractivity contribution in [3.63, 3.8) is 0 Å². The van der Waals surface area contributed by atoms with E-state index in [9.17, 15) is 13.2 Å². The van der Waals surface area contributed by atoms with Crippen LogP contribution in [0, 0.1) is 13.8 Å². The molecule has 0 saturated heterocycles. The molecule has 0 aliphatic rings. The number of rotatable bonds is 3. The summed E-state index contributed by atoms with van der Waals surface area (Å²) in [4.78, 5) is 0. The van der Waals surface area contributed by atoms with Gasteiger partial charge in [0.1, 0.15) is 11.5 Å². The fraction of sp³-hybridized carbons (Fsp3) is 0.600. The average Bonchev–Trinajstić information content (AvgIpc) is 2.42. The van der Waals surface area contributed by atoms with Gasteiger partial charge in [0.25, 0.3) is 0 Å². The number of aryl methyl sites for hydroxylation is 2. The van der Waals surface area contributed by atoms with Gasteiger partial charge in [-0.3, -0.25) is 0 Å². The quantitative estimate of drug-likeness (QED) is 0.850. The van der Waals surface area contributed by atoms with Crippen molar-refractivity contribution < 1.29 is 17.6 Å². The molecule has 0 aliphatic heterocycles. The molecule has 0 unspecified atom stereocenters. The topological polar surface area (TPSA) is 39.2 Å². The highest BCUT2D eigenvalue weighted by Crippen LogP contribution is 2.27. The molecule has 0 amide bonds. The fourth-order valence-electron chi connectivity index (χ4n) is 1.25. The van der Waals surface area contributed by atoms with Gasteiger partial charge >= 0.3 is 6.18 Å². The van der Waals surface area contributed by atoms with E-state index in [1.165, 1.54) is 0 Å². The second-order valence-corrected chi connectivity index (χ2v) is 3.65. The zero-order valence-electron chi connectivity index (χ0n) is 8.69. The minimum Gasteiger partial charge on any atom is -0.464 e. The molecule has 0 radical (unpaired) electrons. The molecule has 1 aromatic heterocycles. The van der Waals surface area contributed by atoms with Crippen LogP contribution in [0.25, 0.3) is 0 Å². The summed E-state index contributed by atoms with van der Waals surface area (Å²) in [5.74, 6) is 1.13. The zero-order chi connectivity index (χ0) is 11.6. The minimum atomic E-state index is -4.16. The second kappa shape index (κ2) is 4.26. The minimum absolute atomic E-state index is 0.143. The van der Waals surface area contributed by atoms with E-state index in [1.807, 2.05) is 6.92 Å². The van der Waals surface area contributed by atoms with E-state index < -0.39 is 18.6 Å². The van der Waals surface area contributed by atoms with Gasteiger partial charge in [-0.2, -0.15) is 13.2 Å². The third-order valence-electron chi connectivity index (χ3n) is 2.29. The fourth-order valence-corrected chi connectivity index (χ4v) is 1.25. The first-order valence-corrected chi connectivity index (χ1v) is 4.69. The third-order valence-corrected chi connectivity index (χ3v) is 2.29. The molecule has 0 fully saturated rings. The van der Waals surface area contributed by atoms with Crippen molar-refractivity contribution in [1.29, 1.82) is 0 Å². The first kappa shape index (κ1) is 12.1. The first-order valence-electron chi connectivity index (χ1n) is 4.69. The van der Waals surface area contributed by atoms with Crippen LogP contribution >= 0.6 is 0 Å². The van der Waals surface area contributed by atoms with Gasteiger partial charge in [0.2, 0.25) is 0 Å². The molecular formula is C10H14F3NO. The Morgan fingerprint density at radius 3 is 2.40 bits per heavy atom. The Kier molecular flexibility index (Phi) is 3.44. The highest BCUT2D eigenvalue weighted by molar-refractivity contribution is 5.20. The van der Waals surface area contributed by atoms with E-state index in [-0.39, 0.29) is 6.42 Å². The monoisotopic (exact) mass is 221 g/mol. The van der Waals surface area contributed by atoms with Crippen LogP contribution in [0.5, 0.6) is 0 Å². The molecule has 0 bridgehead atoms. The summed E-state index contributed by atoms with van der Waals surface area (Å²) >= 11 is 0. The van der Waals surface area contributed by atoms with Crippen LogP contribution in [-0.4, -0.2) is 6.18 Å². The smallest absolute Gasteiger partial charge is 0.389 e. The summed E-state index contributed by atoms with van der Waals surface area (Å²) in [6.07, 6.45) is -5.18. The van der Waals surface area contributed by atoms with Crippen LogP contribution in [0.3, 0.4) is 0 Å². The zero-order valence-corrected chi connectivity index (χ0v) is 8.69. The van der Waals surface area contributed by atoms with Crippen molar-refractivity contribution >= 4 is 0 Å². The standard InChI is InChI=1S/C10H14F3NO/c1-6-5-9(15-7(6)2)8(14)3-4-10(11,12)13/h5,8H,3-4,14H2,1-2H3/t8-/m1/s1. The maximum absolute atomic E-state index is 11.9. The Morgan fingerprint density at radius 1 is 1.40 bits per heavy atom. The lowest BCUT2D eigenvalue weighted by Gasteiger charge is -2.10. The molecule has 0 aromatic carbocycles. The van der Waals surface area contributed by atoms with E-state index in [0.717, 1.165) is 5.56 Å². The normalized spacial score (nSPS) is 14.3. The number of alkyl halides is 3. The molecule has 0 spiro atoms. The van der Waals surface area contributed by atoms with Crippen LogP contribution in [-0.2, 0) is 0 Å². The summed E-state index contributed by atoms with van der Waals surface area (Å²) in [6.45, 7) is 3.59. The lowest BCUT2D eigenvalue weighted by atomic mass is 10.1. The van der Waals surface area contributed by atoms with Crippen LogP contribution in [0.1, 0.15) is 36.0 Å². The van der Waals surface area contributed by atoms with Gasteiger partial charge in [0, 0.05) is 6.42 Å². The number of hydrogen-bond acceptors (Lipinski definition) is 2. The van der Waals surface area contributed by atoms with Crippen LogP contribution in [0.4, 0.5) is 13.2 Å². The summed E-state index contributed by atoms with van der Waals surface area (Å²) in [7, 11) is 0. The average molecular weight is 221 g/mol. The van der Waals surface area contributed by atoms with E-state index in [1.54, 1.807) is 13.0 Å². The molecule has 1 rings (SSSR count). The van der Waals surface area contributed by atoms with Crippen LogP contribution in [0.15, 0.2) is 10.5 Å². The molecule has 5 heteroatoms. The Labute approximate surface area is 86.3 Å². The molecule has 1 heterocycles. The van der Waals surface area contributed by atoms with E-state index >= 15 is 0 Å². The van der Waals surface area contributed by atoms with E-state index in [0.29, 0.717) is 11.5 Å². The van der Waals surface area contributed by atoms with Gasteiger partial charge in [0.05, 0.1) is 6.04 Å². The Morgan fingerprint density at radius 2 is 2.00 bits per heavy atom. The van der Waals surface area contributed by atoms with Gasteiger partial charge < -0.3 is 10.2 Å². The number of nitrogens with two attached hydrogens (primary N) is 1. The second-order valence-electron chi connectivity index (χ2n) is 3.65. The lowest BCUT2D eigenvalue weighted by molar-refractivity contribution is -0.136. The van der Waals surface area contributed by atoms with Crippen molar-refractivity contribution in [2.45, 2.75) is 38.9 Å². The summed E-state index contributed by atoms with van der Waals surface area (Å²) < 4.78 is 41.0. The van der Waals surface area contributed by atoms with E-state index in [2.05, 4.69) is 0 Å². The molecule has 1 atom stereocenters. The summed E-state index contributed by atoms with van der Waals surface area (Å²) in [6, 6.07) is 1.01. The Hall–Kier alpha value is -0.970. The van der Waals surface area contributed by atoms with Crippen molar-refractivity contribution in [2.24, 2.45) is 5.73 Å². The number of halogens is 3. The van der Waals surface area contributed by atoms with Crippen molar-refractivity contribution in [3.05, 3.63) is 23.2 Å². The highest BCUT2D eigenvalue weighted by atomic mass is 19.4. The Bertz CT molecular complexity index is 310. The summed E-state index contributed by atoms with van der Waals surface area (Å²) in [5, 5.41) is 0. The van der Waals surface area contributed by atoms with Crippen molar-refractivity contribution in [2.75, 3.05) is 0 Å². The van der Waals surface area contributed by atoms with Crippen LogP contribution < -0.4 is 5.73 Å². The van der Waals surface area contributed by atoms with Crippen LogP contribution in [0.2, 0.25) is 0 Å². The summed E-state index contributed by atoms with van der Waals surface area (Å²) in [5.41, 5.74) is 6.50. The molecular weight excluding hydrogens is 207 g/mol. The van der Waals surface area contributed by atoms with E-state index in [4.69, 9.17) is 10.2 Å². The SMILES string of the molecule is Cc1cc([C@H](N)CCC(F)(F)F)oc1C. The Balaban J connectivity index is 2.58. The maximum Gasteiger partial charge on any atom is 0.389 e. The highest BCUT2D eigenvalue weighted by Gasteiger charge is 2.28. The van der Waals surface area contributed by atoms with Gasteiger partial charge in [0.15, 0.2) is 0 Å². The van der Waals surface area contributed by atoms with Gasteiger partial charge in [-0.1, -0.05) is 0 Å². The predicted octanol–water partition coefficient (Wildman–Crippen LogP) is 3.24. The molecule has 2 N–H and O–H groups in total. The molecule has 15 heavy (non-hydrogen) atoms. The van der Waals surface area contributed by atoms with Gasteiger partial charge in [-0.15, -0.1) is 0 Å². The van der Waals surface area contributed by atoms with Gasteiger partial charge in [-0.05, 0) is 31.9 Å². The molecule has 0 saturated carbocycles.